The van der Waals surface area contributed by atoms with Crippen molar-refractivity contribution in [1.29, 1.82) is 0 Å². The monoisotopic (exact) mass is 365 g/mol. The van der Waals surface area contributed by atoms with Gasteiger partial charge in [-0.25, -0.2) is 0 Å². The summed E-state index contributed by atoms with van der Waals surface area (Å²) in [5.41, 5.74) is 6.22. The number of ether oxygens (including phenoxy) is 1. The quantitative estimate of drug-likeness (QED) is 0.842. The molecule has 0 fully saturated rings. The van der Waals surface area contributed by atoms with Gasteiger partial charge in [-0.05, 0) is 35.6 Å². The Morgan fingerprint density at radius 3 is 3.00 bits per heavy atom. The van der Waals surface area contributed by atoms with E-state index in [4.69, 9.17) is 15.0 Å². The molecule has 0 saturated heterocycles. The topological polar surface area (TPSA) is 74.2 Å². The summed E-state index contributed by atoms with van der Waals surface area (Å²) in [6, 6.07) is 1.99. The van der Waals surface area contributed by atoms with Crippen LogP contribution in [-0.2, 0) is 10.3 Å². The van der Waals surface area contributed by atoms with Crippen molar-refractivity contribution in [2.45, 2.75) is 12.5 Å². The Kier molecular flexibility index (Phi) is 3.81. The number of nitrogens with zero attached hydrogens (tertiary/aromatic N) is 2. The molecule has 5 nitrogen and oxygen atoms in total. The van der Waals surface area contributed by atoms with E-state index < -0.39 is 5.54 Å². The largest absolute Gasteiger partial charge is 0.382 e. The summed E-state index contributed by atoms with van der Waals surface area (Å²) in [4.78, 5) is 4.30. The number of rotatable bonds is 4. The summed E-state index contributed by atoms with van der Waals surface area (Å²) in [7, 11) is 1.59. The summed E-state index contributed by atoms with van der Waals surface area (Å²) in [5.74, 6) is 0.947. The normalized spacial score (nSPS) is 14.8. The predicted molar refractivity (Wildman–Crippen MR) is 73.7 cm³/mol. The molecule has 1 unspecified atom stereocenters. The van der Waals surface area contributed by atoms with Crippen molar-refractivity contribution < 1.29 is 9.26 Å². The lowest BCUT2D eigenvalue weighted by Crippen LogP contribution is -2.38. The lowest BCUT2D eigenvalue weighted by atomic mass is 10.1. The number of halogens is 1. The first kappa shape index (κ1) is 12.9. The van der Waals surface area contributed by atoms with Crippen LogP contribution in [0.4, 0.5) is 0 Å². The molecule has 2 aromatic heterocycles. The molecule has 0 bridgehead atoms. The second kappa shape index (κ2) is 5.01. The van der Waals surface area contributed by atoms with Crippen molar-refractivity contribution in [2.24, 2.45) is 5.73 Å². The molecule has 0 radical (unpaired) electrons. The molecule has 2 aromatic rings. The molecule has 2 N–H and O–H groups in total. The third kappa shape index (κ3) is 2.84. The van der Waals surface area contributed by atoms with Crippen LogP contribution in [0.5, 0.6) is 0 Å². The Balaban J connectivity index is 2.27. The van der Waals surface area contributed by atoms with Crippen LogP contribution in [0, 0.1) is 2.88 Å². The van der Waals surface area contributed by atoms with E-state index in [1.807, 2.05) is 18.4 Å². The number of nitrogens with two attached hydrogens (primary N) is 1. The predicted octanol–water partition coefficient (Wildman–Crippen LogP) is 2.22. The maximum atomic E-state index is 6.04. The van der Waals surface area contributed by atoms with E-state index in [1.165, 1.54) is 2.88 Å². The second-order valence-corrected chi connectivity index (χ2v) is 6.72. The number of aromatic nitrogens is 2. The van der Waals surface area contributed by atoms with Gasteiger partial charge >= 0.3 is 0 Å². The molecular weight excluding hydrogens is 353 g/mol. The molecule has 0 aliphatic rings. The first-order chi connectivity index (χ1) is 8.03. The Morgan fingerprint density at radius 2 is 2.41 bits per heavy atom. The lowest BCUT2D eigenvalue weighted by Gasteiger charge is -2.18. The molecule has 92 valence electrons. The van der Waals surface area contributed by atoms with Gasteiger partial charge in [0.15, 0.2) is 5.82 Å². The zero-order valence-electron chi connectivity index (χ0n) is 9.44. The Bertz CT molecular complexity index is 509. The van der Waals surface area contributed by atoms with E-state index in [2.05, 4.69) is 32.7 Å². The van der Waals surface area contributed by atoms with Crippen molar-refractivity contribution in [2.75, 3.05) is 13.7 Å². The van der Waals surface area contributed by atoms with Crippen LogP contribution in [0.15, 0.2) is 16.0 Å². The zero-order chi connectivity index (χ0) is 12.5. The minimum absolute atomic E-state index is 0.340. The average Bonchev–Trinajstić information content (AvgIpc) is 2.85. The van der Waals surface area contributed by atoms with Gasteiger partial charge in [0.2, 0.25) is 0 Å². The van der Waals surface area contributed by atoms with Crippen LogP contribution in [0.3, 0.4) is 0 Å². The smallest absolute Gasteiger partial charge is 0.258 e. The number of hydrogen-bond acceptors (Lipinski definition) is 6. The highest BCUT2D eigenvalue weighted by Gasteiger charge is 2.27. The second-order valence-electron chi connectivity index (χ2n) is 3.91. The molecule has 7 heteroatoms. The van der Waals surface area contributed by atoms with E-state index in [9.17, 15) is 0 Å². The van der Waals surface area contributed by atoms with Gasteiger partial charge in [0.1, 0.15) is 5.54 Å². The highest BCUT2D eigenvalue weighted by atomic mass is 127. The highest BCUT2D eigenvalue weighted by molar-refractivity contribution is 14.1. The van der Waals surface area contributed by atoms with Crippen molar-refractivity contribution in [3.63, 3.8) is 0 Å². The average molecular weight is 365 g/mol. The van der Waals surface area contributed by atoms with Crippen LogP contribution < -0.4 is 5.73 Å². The standard InChI is InChI=1S/C10H12IN3O2S/c1-10(12,5-15-2)9-13-8(16-14-9)6-3-7(11)17-4-6/h3-4H,5,12H2,1-2H3. The fourth-order valence-electron chi connectivity index (χ4n) is 1.36. The molecule has 0 aliphatic heterocycles. The minimum atomic E-state index is -0.736. The Hall–Kier alpha value is -0.510. The molecule has 2 rings (SSSR count). The minimum Gasteiger partial charge on any atom is -0.382 e. The van der Waals surface area contributed by atoms with Crippen molar-refractivity contribution in [3.05, 3.63) is 20.2 Å². The molecule has 0 amide bonds. The lowest BCUT2D eigenvalue weighted by molar-refractivity contribution is 0.135. The van der Waals surface area contributed by atoms with Crippen LogP contribution >= 0.6 is 33.9 Å². The SMILES string of the molecule is COCC(C)(N)c1noc(-c2csc(I)c2)n1. The molecule has 1 atom stereocenters. The summed E-state index contributed by atoms with van der Waals surface area (Å²) in [6.45, 7) is 2.15. The van der Waals surface area contributed by atoms with Crippen LogP contribution in [0.25, 0.3) is 11.5 Å². The summed E-state index contributed by atoms with van der Waals surface area (Å²) in [5, 5.41) is 5.88. The van der Waals surface area contributed by atoms with Crippen molar-refractivity contribution in [1.82, 2.24) is 10.1 Å². The van der Waals surface area contributed by atoms with E-state index in [-0.39, 0.29) is 0 Å². The first-order valence-electron chi connectivity index (χ1n) is 4.89. The molecule has 0 aromatic carbocycles. The first-order valence-corrected chi connectivity index (χ1v) is 6.85. The summed E-state index contributed by atoms with van der Waals surface area (Å²) in [6.07, 6.45) is 0. The van der Waals surface area contributed by atoms with Gasteiger partial charge in [-0.2, -0.15) is 4.98 Å². The van der Waals surface area contributed by atoms with Gasteiger partial charge in [0.25, 0.3) is 5.89 Å². The van der Waals surface area contributed by atoms with E-state index in [0.717, 1.165) is 5.56 Å². The van der Waals surface area contributed by atoms with Crippen LogP contribution in [0.1, 0.15) is 12.7 Å². The van der Waals surface area contributed by atoms with Gasteiger partial charge in [0, 0.05) is 12.5 Å². The van der Waals surface area contributed by atoms with Gasteiger partial charge in [-0.1, -0.05) is 5.16 Å². The van der Waals surface area contributed by atoms with Crippen LogP contribution in [-0.4, -0.2) is 23.9 Å². The number of hydrogen-bond donors (Lipinski definition) is 1. The maximum absolute atomic E-state index is 6.04. The summed E-state index contributed by atoms with van der Waals surface area (Å²) < 4.78 is 11.4. The maximum Gasteiger partial charge on any atom is 0.258 e. The molecule has 0 aliphatic carbocycles. The van der Waals surface area contributed by atoms with Crippen molar-refractivity contribution in [3.8, 4) is 11.5 Å². The fraction of sp³-hybridized carbons (Fsp3) is 0.400. The van der Waals surface area contributed by atoms with Crippen LogP contribution in [0.2, 0.25) is 0 Å². The van der Waals surface area contributed by atoms with Gasteiger partial charge < -0.3 is 15.0 Å². The Morgan fingerprint density at radius 1 is 1.65 bits per heavy atom. The van der Waals surface area contributed by atoms with Gasteiger partial charge in [-0.3, -0.25) is 0 Å². The molecule has 0 spiro atoms. The molecular formula is C10H12IN3O2S. The van der Waals surface area contributed by atoms with E-state index in [1.54, 1.807) is 18.4 Å². The highest BCUT2D eigenvalue weighted by Crippen LogP contribution is 2.26. The zero-order valence-corrected chi connectivity index (χ0v) is 12.4. The third-order valence-corrected chi connectivity index (χ3v) is 3.98. The van der Waals surface area contributed by atoms with Gasteiger partial charge in [-0.15, -0.1) is 11.3 Å². The molecule has 2 heterocycles. The molecule has 17 heavy (non-hydrogen) atoms. The fourth-order valence-corrected chi connectivity index (χ4v) is 2.68. The van der Waals surface area contributed by atoms with E-state index in [0.29, 0.717) is 18.3 Å². The van der Waals surface area contributed by atoms with E-state index >= 15 is 0 Å². The number of thiophene rings is 1. The summed E-state index contributed by atoms with van der Waals surface area (Å²) >= 11 is 3.88. The Labute approximate surface area is 116 Å². The molecule has 0 saturated carbocycles. The van der Waals surface area contributed by atoms with Crippen molar-refractivity contribution >= 4 is 33.9 Å². The number of methoxy groups -OCH3 is 1. The third-order valence-electron chi connectivity index (χ3n) is 2.20. The van der Waals surface area contributed by atoms with Gasteiger partial charge in [0.05, 0.1) is 15.1 Å².